The average Bonchev–Trinajstić information content (AvgIpc) is 3.29. The molecule has 1 aromatic carbocycles. The number of amides is 1. The zero-order valence-corrected chi connectivity index (χ0v) is 13.5. The molecule has 2 aliphatic carbocycles. The zero-order valence-electron chi connectivity index (χ0n) is 13.5. The molecule has 0 radical (unpaired) electrons. The number of furan rings is 1. The Morgan fingerprint density at radius 1 is 1.29 bits per heavy atom. The number of benzene rings is 1. The molecule has 4 atom stereocenters. The van der Waals surface area contributed by atoms with E-state index < -0.39 is 13.1 Å². The fourth-order valence-corrected chi connectivity index (χ4v) is 4.51. The Labute approximate surface area is 141 Å². The molecular formula is C18H22BNO4. The number of carbonyl (C=O) groups is 1. The molecule has 0 aliphatic heterocycles. The van der Waals surface area contributed by atoms with Crippen molar-refractivity contribution in [1.29, 1.82) is 0 Å². The minimum Gasteiger partial charge on any atom is -0.464 e. The molecule has 3 N–H and O–H groups in total. The van der Waals surface area contributed by atoms with E-state index in [-0.39, 0.29) is 11.8 Å². The molecule has 0 saturated heterocycles. The number of hydrogen-bond donors (Lipinski definition) is 3. The van der Waals surface area contributed by atoms with Crippen LogP contribution in [0.2, 0.25) is 0 Å². The van der Waals surface area contributed by atoms with Gasteiger partial charge in [-0.2, -0.15) is 0 Å². The van der Waals surface area contributed by atoms with Crippen molar-refractivity contribution in [3.8, 4) is 0 Å². The molecule has 2 aromatic rings. The van der Waals surface area contributed by atoms with Gasteiger partial charge in [-0.15, -0.1) is 0 Å². The normalized spacial score (nSPS) is 26.7. The first-order valence-corrected chi connectivity index (χ1v) is 8.73. The standard InChI is InChI=1S/C18H22BNO4/c21-18(15-8-11-5-6-12(15)7-11)20-17(19(22)23)9-13-10-24-16-4-2-1-3-14(13)16/h1-4,10-12,15,17,22-23H,5-9H2,(H,20,21)/t11-,12+,15+,17+/m1/s1. The minimum atomic E-state index is -1.60. The Balaban J connectivity index is 1.47. The maximum Gasteiger partial charge on any atom is 0.475 e. The van der Waals surface area contributed by atoms with E-state index in [1.165, 1.54) is 6.42 Å². The lowest BCUT2D eigenvalue weighted by Gasteiger charge is -2.24. The molecule has 2 aliphatic rings. The second-order valence-electron chi connectivity index (χ2n) is 7.27. The summed E-state index contributed by atoms with van der Waals surface area (Å²) in [6.07, 6.45) is 6.42. The van der Waals surface area contributed by atoms with Crippen LogP contribution in [-0.2, 0) is 11.2 Å². The SMILES string of the molecule is O=C(N[C@@H](Cc1coc2ccccc12)B(O)O)[C@H]1C[C@@H]2CC[C@H]1C2. The highest BCUT2D eigenvalue weighted by Crippen LogP contribution is 2.48. The molecule has 24 heavy (non-hydrogen) atoms. The van der Waals surface area contributed by atoms with Crippen molar-refractivity contribution in [3.05, 3.63) is 36.1 Å². The summed E-state index contributed by atoms with van der Waals surface area (Å²) in [6, 6.07) is 7.62. The fraction of sp³-hybridized carbons (Fsp3) is 0.500. The Morgan fingerprint density at radius 2 is 2.12 bits per heavy atom. The summed E-state index contributed by atoms with van der Waals surface area (Å²) in [5.74, 6) is 0.430. The summed E-state index contributed by atoms with van der Waals surface area (Å²) in [4.78, 5) is 12.6. The van der Waals surface area contributed by atoms with E-state index in [2.05, 4.69) is 5.32 Å². The molecule has 126 valence electrons. The van der Waals surface area contributed by atoms with Gasteiger partial charge < -0.3 is 19.8 Å². The smallest absolute Gasteiger partial charge is 0.464 e. The summed E-state index contributed by atoms with van der Waals surface area (Å²) < 4.78 is 5.50. The van der Waals surface area contributed by atoms with Gasteiger partial charge in [0.25, 0.3) is 0 Å². The van der Waals surface area contributed by atoms with Crippen LogP contribution in [-0.4, -0.2) is 29.0 Å². The van der Waals surface area contributed by atoms with Crippen LogP contribution in [0.5, 0.6) is 0 Å². The largest absolute Gasteiger partial charge is 0.475 e. The van der Waals surface area contributed by atoms with E-state index in [1.54, 1.807) is 6.26 Å². The third-order valence-corrected chi connectivity index (χ3v) is 5.76. The number of para-hydroxylation sites is 1. The number of nitrogens with one attached hydrogen (secondary N) is 1. The van der Waals surface area contributed by atoms with Crippen LogP contribution in [0.3, 0.4) is 0 Å². The highest BCUT2D eigenvalue weighted by Gasteiger charge is 2.44. The van der Waals surface area contributed by atoms with Gasteiger partial charge in [-0.05, 0) is 49.1 Å². The van der Waals surface area contributed by atoms with Crippen molar-refractivity contribution in [1.82, 2.24) is 5.32 Å². The molecule has 1 heterocycles. The van der Waals surface area contributed by atoms with Gasteiger partial charge in [-0.25, -0.2) is 0 Å². The number of rotatable bonds is 5. The molecule has 2 bridgehead atoms. The molecule has 1 amide bonds. The quantitative estimate of drug-likeness (QED) is 0.733. The zero-order chi connectivity index (χ0) is 16.7. The predicted molar refractivity (Wildman–Crippen MR) is 91.0 cm³/mol. The first kappa shape index (κ1) is 15.7. The van der Waals surface area contributed by atoms with Crippen LogP contribution in [0.15, 0.2) is 34.9 Å². The van der Waals surface area contributed by atoms with Gasteiger partial charge in [0, 0.05) is 11.3 Å². The van der Waals surface area contributed by atoms with Gasteiger partial charge in [-0.3, -0.25) is 4.79 Å². The second-order valence-corrected chi connectivity index (χ2v) is 7.27. The van der Waals surface area contributed by atoms with Crippen molar-refractivity contribution in [2.75, 3.05) is 0 Å². The predicted octanol–water partition coefficient (Wildman–Crippen LogP) is 1.91. The van der Waals surface area contributed by atoms with Crippen molar-refractivity contribution in [2.45, 2.75) is 38.0 Å². The lowest BCUT2D eigenvalue weighted by molar-refractivity contribution is -0.126. The van der Waals surface area contributed by atoms with Crippen molar-refractivity contribution < 1.29 is 19.3 Å². The van der Waals surface area contributed by atoms with Crippen LogP contribution >= 0.6 is 0 Å². The lowest BCUT2D eigenvalue weighted by Crippen LogP contribution is -2.50. The van der Waals surface area contributed by atoms with Gasteiger partial charge >= 0.3 is 7.12 Å². The molecule has 2 saturated carbocycles. The van der Waals surface area contributed by atoms with E-state index in [9.17, 15) is 14.8 Å². The first-order chi connectivity index (χ1) is 11.6. The summed E-state index contributed by atoms with van der Waals surface area (Å²) in [7, 11) is -1.60. The third kappa shape index (κ3) is 2.85. The fourth-order valence-electron chi connectivity index (χ4n) is 4.51. The summed E-state index contributed by atoms with van der Waals surface area (Å²) in [6.45, 7) is 0. The van der Waals surface area contributed by atoms with E-state index in [4.69, 9.17) is 4.42 Å². The van der Waals surface area contributed by atoms with Crippen LogP contribution in [0.25, 0.3) is 11.0 Å². The maximum absolute atomic E-state index is 12.6. The van der Waals surface area contributed by atoms with E-state index in [0.717, 1.165) is 35.8 Å². The topological polar surface area (TPSA) is 82.7 Å². The van der Waals surface area contributed by atoms with Crippen LogP contribution in [0.4, 0.5) is 0 Å². The van der Waals surface area contributed by atoms with E-state index in [0.29, 0.717) is 18.3 Å². The van der Waals surface area contributed by atoms with E-state index >= 15 is 0 Å². The first-order valence-electron chi connectivity index (χ1n) is 8.73. The summed E-state index contributed by atoms with van der Waals surface area (Å²) in [5, 5.41) is 23.2. The third-order valence-electron chi connectivity index (χ3n) is 5.76. The number of hydrogen-bond acceptors (Lipinski definition) is 4. The van der Waals surface area contributed by atoms with Crippen LogP contribution < -0.4 is 5.32 Å². The highest BCUT2D eigenvalue weighted by molar-refractivity contribution is 6.43. The van der Waals surface area contributed by atoms with Gasteiger partial charge in [0.15, 0.2) is 0 Å². The monoisotopic (exact) mass is 327 g/mol. The number of carbonyl (C=O) groups excluding carboxylic acids is 1. The van der Waals surface area contributed by atoms with Crippen molar-refractivity contribution in [3.63, 3.8) is 0 Å². The minimum absolute atomic E-state index is 0.0334. The molecule has 2 fully saturated rings. The lowest BCUT2D eigenvalue weighted by atomic mass is 9.75. The van der Waals surface area contributed by atoms with Crippen molar-refractivity contribution in [2.24, 2.45) is 17.8 Å². The Morgan fingerprint density at radius 3 is 2.83 bits per heavy atom. The summed E-state index contributed by atoms with van der Waals surface area (Å²) >= 11 is 0. The van der Waals surface area contributed by atoms with Crippen molar-refractivity contribution >= 4 is 24.0 Å². The Kier molecular flexibility index (Phi) is 4.10. The molecule has 6 heteroatoms. The average molecular weight is 327 g/mol. The Bertz CT molecular complexity index is 743. The molecule has 0 spiro atoms. The molecule has 1 aromatic heterocycles. The molecule has 4 rings (SSSR count). The van der Waals surface area contributed by atoms with Crippen LogP contribution in [0, 0.1) is 17.8 Å². The number of fused-ring (bicyclic) bond motifs is 3. The highest BCUT2D eigenvalue weighted by atomic mass is 16.4. The second kappa shape index (κ2) is 6.26. The molecule has 5 nitrogen and oxygen atoms in total. The summed E-state index contributed by atoms with van der Waals surface area (Å²) in [5.41, 5.74) is 1.63. The molecular weight excluding hydrogens is 305 g/mol. The van der Waals surface area contributed by atoms with Gasteiger partial charge in [0.05, 0.1) is 12.2 Å². The maximum atomic E-state index is 12.6. The Hall–Kier alpha value is -1.79. The van der Waals surface area contributed by atoms with Crippen LogP contribution in [0.1, 0.15) is 31.2 Å². The van der Waals surface area contributed by atoms with Gasteiger partial charge in [0.1, 0.15) is 5.58 Å². The van der Waals surface area contributed by atoms with Gasteiger partial charge in [-0.1, -0.05) is 24.6 Å². The van der Waals surface area contributed by atoms with Gasteiger partial charge in [0.2, 0.25) is 5.91 Å². The van der Waals surface area contributed by atoms with E-state index in [1.807, 2.05) is 24.3 Å². The molecule has 0 unspecified atom stereocenters.